The van der Waals surface area contributed by atoms with Crippen molar-refractivity contribution in [3.05, 3.63) is 23.9 Å². The quantitative estimate of drug-likeness (QED) is 0.429. The number of halogens is 1. The maximum atomic E-state index is 4.57. The van der Waals surface area contributed by atoms with E-state index in [0.717, 1.165) is 50.4 Å². The van der Waals surface area contributed by atoms with Crippen LogP contribution in [0.15, 0.2) is 23.3 Å². The van der Waals surface area contributed by atoms with E-state index in [4.69, 9.17) is 0 Å². The molecule has 0 saturated carbocycles. The largest absolute Gasteiger partial charge is 0.357 e. The second kappa shape index (κ2) is 10.2. The van der Waals surface area contributed by atoms with Gasteiger partial charge in [-0.05, 0) is 55.7 Å². The Morgan fingerprint density at radius 1 is 1.24 bits per heavy atom. The van der Waals surface area contributed by atoms with E-state index in [1.165, 1.54) is 37.7 Å². The summed E-state index contributed by atoms with van der Waals surface area (Å²) in [6, 6.07) is 4.33. The van der Waals surface area contributed by atoms with Gasteiger partial charge in [0.2, 0.25) is 0 Å². The molecule has 6 heteroatoms. The first kappa shape index (κ1) is 20.3. The number of pyridine rings is 1. The van der Waals surface area contributed by atoms with E-state index in [1.807, 2.05) is 13.2 Å². The van der Waals surface area contributed by atoms with Gasteiger partial charge in [-0.2, -0.15) is 0 Å². The molecule has 3 rings (SSSR count). The Bertz CT molecular complexity index is 557. The smallest absolute Gasteiger partial charge is 0.193 e. The first-order chi connectivity index (χ1) is 11.8. The highest BCUT2D eigenvalue weighted by Gasteiger charge is 2.19. The molecule has 1 N–H and O–H groups in total. The van der Waals surface area contributed by atoms with Crippen molar-refractivity contribution in [1.29, 1.82) is 0 Å². The number of aliphatic imine (C=N–C) groups is 1. The van der Waals surface area contributed by atoms with E-state index >= 15 is 0 Å². The number of likely N-dealkylation sites (tertiary alicyclic amines) is 1. The van der Waals surface area contributed by atoms with E-state index in [-0.39, 0.29) is 24.0 Å². The summed E-state index contributed by atoms with van der Waals surface area (Å²) in [6.07, 6.45) is 8.44. The van der Waals surface area contributed by atoms with Crippen molar-refractivity contribution in [3.63, 3.8) is 0 Å². The van der Waals surface area contributed by atoms with Crippen molar-refractivity contribution < 1.29 is 0 Å². The molecule has 2 aliphatic rings. The first-order valence-electron chi connectivity index (χ1n) is 9.42. The van der Waals surface area contributed by atoms with Gasteiger partial charge in [-0.1, -0.05) is 6.92 Å². The lowest BCUT2D eigenvalue weighted by Gasteiger charge is -2.33. The SMILES string of the molecule is CN=C(NCc1ccnc(N2CCCCC2)c1)N1CCCC(C)C1.I. The molecular weight excluding hydrogens is 425 g/mol. The molecule has 0 aliphatic carbocycles. The average Bonchev–Trinajstić information content (AvgIpc) is 2.63. The number of rotatable bonds is 3. The fourth-order valence-corrected chi connectivity index (χ4v) is 3.76. The lowest BCUT2D eigenvalue weighted by atomic mass is 10.0. The Balaban J connectivity index is 0.00000225. The molecule has 2 aliphatic heterocycles. The number of anilines is 1. The molecule has 140 valence electrons. The molecule has 0 aromatic carbocycles. The van der Waals surface area contributed by atoms with Crippen molar-refractivity contribution in [2.45, 2.75) is 45.6 Å². The molecule has 0 radical (unpaired) electrons. The van der Waals surface area contributed by atoms with Crippen LogP contribution in [0.5, 0.6) is 0 Å². The van der Waals surface area contributed by atoms with Crippen LogP contribution in [-0.2, 0) is 6.54 Å². The van der Waals surface area contributed by atoms with Gasteiger partial charge in [-0.3, -0.25) is 4.99 Å². The fraction of sp³-hybridized carbons (Fsp3) is 0.684. The third kappa shape index (κ3) is 5.72. The summed E-state index contributed by atoms with van der Waals surface area (Å²) in [5, 5.41) is 3.54. The summed E-state index contributed by atoms with van der Waals surface area (Å²) in [4.78, 5) is 13.8. The van der Waals surface area contributed by atoms with Crippen LogP contribution in [-0.4, -0.2) is 49.1 Å². The molecule has 5 nitrogen and oxygen atoms in total. The third-order valence-corrected chi connectivity index (χ3v) is 5.11. The van der Waals surface area contributed by atoms with Gasteiger partial charge < -0.3 is 15.1 Å². The number of hydrogen-bond donors (Lipinski definition) is 1. The van der Waals surface area contributed by atoms with Crippen LogP contribution in [0.4, 0.5) is 5.82 Å². The van der Waals surface area contributed by atoms with Gasteiger partial charge in [-0.15, -0.1) is 24.0 Å². The average molecular weight is 457 g/mol. The highest BCUT2D eigenvalue weighted by molar-refractivity contribution is 14.0. The standard InChI is InChI=1S/C19H31N5.HI/c1-16-7-6-12-24(15-16)19(20-2)22-14-17-8-9-21-18(13-17)23-10-4-3-5-11-23;/h8-9,13,16H,3-7,10-12,14-15H2,1-2H3,(H,20,22);1H. The summed E-state index contributed by atoms with van der Waals surface area (Å²) in [5.74, 6) is 2.90. The van der Waals surface area contributed by atoms with Gasteiger partial charge in [0.25, 0.3) is 0 Å². The number of nitrogens with one attached hydrogen (secondary N) is 1. The minimum Gasteiger partial charge on any atom is -0.357 e. The molecule has 1 unspecified atom stereocenters. The topological polar surface area (TPSA) is 43.8 Å². The van der Waals surface area contributed by atoms with Crippen molar-refractivity contribution in [2.24, 2.45) is 10.9 Å². The number of aromatic nitrogens is 1. The summed E-state index contributed by atoms with van der Waals surface area (Å²) >= 11 is 0. The van der Waals surface area contributed by atoms with Crippen LogP contribution >= 0.6 is 24.0 Å². The van der Waals surface area contributed by atoms with Crippen molar-refractivity contribution >= 4 is 35.8 Å². The Kier molecular flexibility index (Phi) is 8.26. The Labute approximate surface area is 169 Å². The minimum absolute atomic E-state index is 0. The summed E-state index contributed by atoms with van der Waals surface area (Å²) in [5.41, 5.74) is 1.27. The Morgan fingerprint density at radius 2 is 2.04 bits per heavy atom. The zero-order chi connectivity index (χ0) is 16.8. The number of piperidine rings is 2. The zero-order valence-corrected chi connectivity index (χ0v) is 17.9. The highest BCUT2D eigenvalue weighted by Crippen LogP contribution is 2.19. The minimum atomic E-state index is 0. The van der Waals surface area contributed by atoms with E-state index in [2.05, 4.69) is 44.1 Å². The molecule has 2 fully saturated rings. The van der Waals surface area contributed by atoms with Gasteiger partial charge in [0, 0.05) is 46.0 Å². The normalized spacial score (nSPS) is 21.7. The Hall–Kier alpha value is -1.05. The zero-order valence-electron chi connectivity index (χ0n) is 15.6. The monoisotopic (exact) mass is 457 g/mol. The predicted octanol–water partition coefficient (Wildman–Crippen LogP) is 3.50. The van der Waals surface area contributed by atoms with Gasteiger partial charge in [0.1, 0.15) is 5.82 Å². The highest BCUT2D eigenvalue weighted by atomic mass is 127. The molecule has 1 aromatic rings. The molecule has 0 bridgehead atoms. The van der Waals surface area contributed by atoms with Gasteiger partial charge >= 0.3 is 0 Å². The summed E-state index contributed by atoms with van der Waals surface area (Å²) in [7, 11) is 1.88. The number of hydrogen-bond acceptors (Lipinski definition) is 3. The molecular formula is C19H32IN5. The summed E-state index contributed by atoms with van der Waals surface area (Å²) in [6.45, 7) is 7.62. The second-order valence-corrected chi connectivity index (χ2v) is 7.16. The van der Waals surface area contributed by atoms with Crippen LogP contribution in [0, 0.1) is 5.92 Å². The van der Waals surface area contributed by atoms with Crippen LogP contribution in [0.1, 0.15) is 44.6 Å². The second-order valence-electron chi connectivity index (χ2n) is 7.16. The number of guanidine groups is 1. The van der Waals surface area contributed by atoms with Crippen LogP contribution in [0.25, 0.3) is 0 Å². The molecule has 25 heavy (non-hydrogen) atoms. The van der Waals surface area contributed by atoms with Crippen LogP contribution in [0.3, 0.4) is 0 Å². The Morgan fingerprint density at radius 3 is 2.76 bits per heavy atom. The molecule has 3 heterocycles. The predicted molar refractivity (Wildman–Crippen MR) is 116 cm³/mol. The maximum absolute atomic E-state index is 4.57. The first-order valence-corrected chi connectivity index (χ1v) is 9.42. The fourth-order valence-electron chi connectivity index (χ4n) is 3.76. The van der Waals surface area contributed by atoms with Gasteiger partial charge in [0.05, 0.1) is 0 Å². The molecule has 2 saturated heterocycles. The number of nitrogens with zero attached hydrogens (tertiary/aromatic N) is 4. The third-order valence-electron chi connectivity index (χ3n) is 5.11. The lowest BCUT2D eigenvalue weighted by Crippen LogP contribution is -2.45. The maximum Gasteiger partial charge on any atom is 0.193 e. The van der Waals surface area contributed by atoms with E-state index in [9.17, 15) is 0 Å². The van der Waals surface area contributed by atoms with Crippen molar-refractivity contribution in [3.8, 4) is 0 Å². The molecule has 0 amide bonds. The van der Waals surface area contributed by atoms with Gasteiger partial charge in [0.15, 0.2) is 5.96 Å². The van der Waals surface area contributed by atoms with E-state index in [0.29, 0.717) is 0 Å². The summed E-state index contributed by atoms with van der Waals surface area (Å²) < 4.78 is 0. The molecule has 1 atom stereocenters. The van der Waals surface area contributed by atoms with E-state index < -0.39 is 0 Å². The van der Waals surface area contributed by atoms with Crippen LogP contribution < -0.4 is 10.2 Å². The van der Waals surface area contributed by atoms with Crippen LogP contribution in [0.2, 0.25) is 0 Å². The lowest BCUT2D eigenvalue weighted by molar-refractivity contribution is 0.266. The van der Waals surface area contributed by atoms with E-state index in [1.54, 1.807) is 0 Å². The van der Waals surface area contributed by atoms with Crippen molar-refractivity contribution in [1.82, 2.24) is 15.2 Å². The molecule has 1 aromatic heterocycles. The van der Waals surface area contributed by atoms with Crippen molar-refractivity contribution in [2.75, 3.05) is 38.1 Å². The molecule has 0 spiro atoms. The van der Waals surface area contributed by atoms with Gasteiger partial charge in [-0.25, -0.2) is 4.98 Å².